The first-order valence-electron chi connectivity index (χ1n) is 12.9. The lowest BCUT2D eigenvalue weighted by Crippen LogP contribution is -2.32. The summed E-state index contributed by atoms with van der Waals surface area (Å²) in [6.45, 7) is 3.06. The molecule has 1 saturated heterocycles. The molecular weight excluding hydrogens is 462 g/mol. The zero-order chi connectivity index (χ0) is 24.4. The van der Waals surface area contributed by atoms with E-state index in [1.165, 1.54) is 38.8 Å². The number of carbonyl (C=O) groups is 1. The molecule has 2 aromatic rings. The topological polar surface area (TPSA) is 98.7 Å². The molecule has 1 heterocycles. The molecule has 2 aromatic carbocycles. The molecule has 0 radical (unpaired) electrons. The van der Waals surface area contributed by atoms with Crippen LogP contribution in [-0.2, 0) is 22.9 Å². The number of anilines is 2. The Morgan fingerprint density at radius 3 is 2.60 bits per heavy atom. The molecular formula is C27H35N3O4S. The lowest BCUT2D eigenvalue weighted by atomic mass is 9.87. The Labute approximate surface area is 208 Å². The van der Waals surface area contributed by atoms with Gasteiger partial charge in [0.2, 0.25) is 0 Å². The Balaban J connectivity index is 1.31. The van der Waals surface area contributed by atoms with Crippen molar-refractivity contribution in [3.05, 3.63) is 53.1 Å². The van der Waals surface area contributed by atoms with Crippen LogP contribution in [0.2, 0.25) is 0 Å². The second-order valence-electron chi connectivity index (χ2n) is 10.2. The molecule has 188 valence electrons. The zero-order valence-corrected chi connectivity index (χ0v) is 20.9. The quantitative estimate of drug-likeness (QED) is 0.439. The van der Waals surface area contributed by atoms with E-state index in [-0.39, 0.29) is 16.1 Å². The number of hydrogen-bond donors (Lipinski definition) is 3. The fourth-order valence-electron chi connectivity index (χ4n) is 5.67. The Morgan fingerprint density at radius 1 is 1.00 bits per heavy atom. The zero-order valence-electron chi connectivity index (χ0n) is 20.1. The number of hydrogen-bond acceptors (Lipinski definition) is 5. The number of carboxylic acid groups (broad SMARTS) is 1. The predicted octanol–water partition coefficient (Wildman–Crippen LogP) is 4.74. The normalized spacial score (nSPS) is 20.4. The molecule has 5 rings (SSSR count). The highest BCUT2D eigenvalue weighted by molar-refractivity contribution is 7.92. The maximum absolute atomic E-state index is 13.4. The van der Waals surface area contributed by atoms with Crippen LogP contribution in [-0.4, -0.2) is 50.1 Å². The van der Waals surface area contributed by atoms with Gasteiger partial charge in [0, 0.05) is 19.1 Å². The summed E-state index contributed by atoms with van der Waals surface area (Å²) in [7, 11) is -3.98. The van der Waals surface area contributed by atoms with E-state index in [1.807, 2.05) is 12.1 Å². The van der Waals surface area contributed by atoms with Gasteiger partial charge in [-0.2, -0.15) is 0 Å². The molecule has 7 nitrogen and oxygen atoms in total. The third kappa shape index (κ3) is 5.48. The molecule has 0 aromatic heterocycles. The van der Waals surface area contributed by atoms with E-state index in [2.05, 4.69) is 14.9 Å². The molecule has 0 spiro atoms. The van der Waals surface area contributed by atoms with Gasteiger partial charge in [0.15, 0.2) is 0 Å². The van der Waals surface area contributed by atoms with Gasteiger partial charge in [0.05, 0.1) is 16.9 Å². The van der Waals surface area contributed by atoms with Crippen molar-refractivity contribution in [2.45, 2.75) is 68.7 Å². The Morgan fingerprint density at radius 2 is 1.80 bits per heavy atom. The molecule has 35 heavy (non-hydrogen) atoms. The van der Waals surface area contributed by atoms with Crippen molar-refractivity contribution in [3.63, 3.8) is 0 Å². The van der Waals surface area contributed by atoms with Gasteiger partial charge in [-0.1, -0.05) is 18.2 Å². The molecule has 1 atom stereocenters. The highest BCUT2D eigenvalue weighted by Gasteiger charge is 2.31. The standard InChI is InChI=1S/C27H35N3O4S/c31-27(32)26-22-8-2-1-6-20(22)13-14-24(26)29-35(33,34)25-10-4-3-9-23(25)28-16-15-21-7-5-17-30(21)18-19-11-12-19/h3-4,9-10,13-14,19,21,28-29H,1-2,5-8,11-12,15-18H2,(H,31,32)/t21-/m0/s1. The average molecular weight is 498 g/mol. The smallest absolute Gasteiger partial charge is 0.338 e. The van der Waals surface area contributed by atoms with Crippen LogP contribution in [0.5, 0.6) is 0 Å². The first-order chi connectivity index (χ1) is 16.9. The lowest BCUT2D eigenvalue weighted by molar-refractivity contribution is 0.0696. The summed E-state index contributed by atoms with van der Waals surface area (Å²) in [6, 6.07) is 10.9. The second kappa shape index (κ2) is 10.2. The highest BCUT2D eigenvalue weighted by Crippen LogP contribution is 2.34. The molecule has 3 N–H and O–H groups in total. The molecule has 2 aliphatic carbocycles. The van der Waals surface area contributed by atoms with E-state index in [9.17, 15) is 18.3 Å². The average Bonchev–Trinajstić information content (AvgIpc) is 3.55. The number of likely N-dealkylation sites (tertiary alicyclic amines) is 1. The number of benzene rings is 2. The number of rotatable bonds is 10. The first-order valence-corrected chi connectivity index (χ1v) is 14.4. The molecule has 2 fully saturated rings. The minimum Gasteiger partial charge on any atom is -0.478 e. The molecule has 1 aliphatic heterocycles. The van der Waals surface area contributed by atoms with Crippen LogP contribution in [0.3, 0.4) is 0 Å². The molecule has 1 saturated carbocycles. The first kappa shape index (κ1) is 24.1. The monoisotopic (exact) mass is 497 g/mol. The minimum absolute atomic E-state index is 0.0770. The van der Waals surface area contributed by atoms with Crippen molar-refractivity contribution in [1.29, 1.82) is 0 Å². The molecule has 0 bridgehead atoms. The maximum Gasteiger partial charge on any atom is 0.338 e. The summed E-state index contributed by atoms with van der Waals surface area (Å²) in [5.74, 6) is -0.222. The molecule has 3 aliphatic rings. The fraction of sp³-hybridized carbons (Fsp3) is 0.519. The number of fused-ring (bicyclic) bond motifs is 1. The van der Waals surface area contributed by atoms with Gasteiger partial charge in [-0.05, 0) is 99.6 Å². The van der Waals surface area contributed by atoms with E-state index in [0.717, 1.165) is 42.7 Å². The van der Waals surface area contributed by atoms with Gasteiger partial charge in [-0.3, -0.25) is 4.72 Å². The molecule has 8 heteroatoms. The minimum atomic E-state index is -3.98. The van der Waals surface area contributed by atoms with Gasteiger partial charge in [0.25, 0.3) is 10.0 Å². The molecule has 0 unspecified atom stereocenters. The van der Waals surface area contributed by atoms with Crippen molar-refractivity contribution >= 4 is 27.4 Å². The summed E-state index contributed by atoms with van der Waals surface area (Å²) in [4.78, 5) is 14.8. The number of para-hydroxylation sites is 1. The van der Waals surface area contributed by atoms with E-state index in [0.29, 0.717) is 24.7 Å². The van der Waals surface area contributed by atoms with Crippen molar-refractivity contribution in [2.75, 3.05) is 29.7 Å². The van der Waals surface area contributed by atoms with Gasteiger partial charge in [-0.15, -0.1) is 0 Å². The van der Waals surface area contributed by atoms with Gasteiger partial charge < -0.3 is 15.3 Å². The van der Waals surface area contributed by atoms with Crippen molar-refractivity contribution in [2.24, 2.45) is 5.92 Å². The largest absolute Gasteiger partial charge is 0.478 e. The number of aromatic carboxylic acids is 1. The number of sulfonamides is 1. The van der Waals surface area contributed by atoms with Crippen LogP contribution in [0.4, 0.5) is 11.4 Å². The highest BCUT2D eigenvalue weighted by atomic mass is 32.2. The maximum atomic E-state index is 13.4. The van der Waals surface area contributed by atoms with E-state index in [4.69, 9.17) is 0 Å². The summed E-state index contributed by atoms with van der Waals surface area (Å²) in [5, 5.41) is 13.2. The van der Waals surface area contributed by atoms with Crippen molar-refractivity contribution in [1.82, 2.24) is 4.90 Å². The van der Waals surface area contributed by atoms with Crippen LogP contribution in [0, 0.1) is 5.92 Å². The number of nitrogens with one attached hydrogen (secondary N) is 2. The Hall–Kier alpha value is -2.58. The Bertz CT molecular complexity index is 1190. The number of nitrogens with zero attached hydrogens (tertiary/aromatic N) is 1. The van der Waals surface area contributed by atoms with Crippen LogP contribution in [0.1, 0.15) is 66.4 Å². The van der Waals surface area contributed by atoms with E-state index >= 15 is 0 Å². The van der Waals surface area contributed by atoms with Crippen LogP contribution < -0.4 is 10.0 Å². The van der Waals surface area contributed by atoms with Crippen LogP contribution in [0.15, 0.2) is 41.3 Å². The molecule has 0 amide bonds. The lowest BCUT2D eigenvalue weighted by Gasteiger charge is -2.25. The summed E-state index contributed by atoms with van der Waals surface area (Å²) in [6.07, 6.45) is 9.54. The number of carboxylic acids is 1. The Kier molecular flexibility index (Phi) is 7.02. The van der Waals surface area contributed by atoms with Crippen LogP contribution >= 0.6 is 0 Å². The predicted molar refractivity (Wildman–Crippen MR) is 138 cm³/mol. The third-order valence-corrected chi connectivity index (χ3v) is 9.07. The summed E-state index contributed by atoms with van der Waals surface area (Å²) >= 11 is 0. The summed E-state index contributed by atoms with van der Waals surface area (Å²) in [5.41, 5.74) is 2.51. The van der Waals surface area contributed by atoms with Crippen LogP contribution in [0.25, 0.3) is 0 Å². The van der Waals surface area contributed by atoms with E-state index < -0.39 is 16.0 Å². The number of aryl methyl sites for hydroxylation is 1. The van der Waals surface area contributed by atoms with Gasteiger partial charge >= 0.3 is 5.97 Å². The second-order valence-corrected chi connectivity index (χ2v) is 11.8. The summed E-state index contributed by atoms with van der Waals surface area (Å²) < 4.78 is 29.4. The van der Waals surface area contributed by atoms with Gasteiger partial charge in [-0.25, -0.2) is 13.2 Å². The van der Waals surface area contributed by atoms with Crippen molar-refractivity contribution in [3.8, 4) is 0 Å². The third-order valence-electron chi connectivity index (χ3n) is 7.65. The van der Waals surface area contributed by atoms with Gasteiger partial charge in [0.1, 0.15) is 4.90 Å². The fourth-order valence-corrected chi connectivity index (χ4v) is 6.93. The SMILES string of the molecule is O=C(O)c1c(NS(=O)(=O)c2ccccc2NCC[C@@H]2CCCN2CC2CC2)ccc2c1CCCC2. The van der Waals surface area contributed by atoms with E-state index in [1.54, 1.807) is 24.3 Å². The van der Waals surface area contributed by atoms with Crippen molar-refractivity contribution < 1.29 is 18.3 Å².